The van der Waals surface area contributed by atoms with E-state index in [2.05, 4.69) is 4.98 Å². The summed E-state index contributed by atoms with van der Waals surface area (Å²) in [6.45, 7) is 3.96. The highest BCUT2D eigenvalue weighted by Crippen LogP contribution is 2.63. The molecule has 0 saturated heterocycles. The Morgan fingerprint density at radius 2 is 1.86 bits per heavy atom. The van der Waals surface area contributed by atoms with Gasteiger partial charge in [-0.15, -0.1) is 0 Å². The summed E-state index contributed by atoms with van der Waals surface area (Å²) < 4.78 is 5.72. The van der Waals surface area contributed by atoms with Crippen molar-refractivity contribution in [2.24, 2.45) is 5.73 Å². The summed E-state index contributed by atoms with van der Waals surface area (Å²) in [5.74, 6) is 1.84. The fourth-order valence-corrected chi connectivity index (χ4v) is 2.34. The first-order valence-corrected chi connectivity index (χ1v) is 5.31. The molecule has 1 aromatic rings. The Morgan fingerprint density at radius 1 is 1.21 bits per heavy atom. The molecular weight excluding hydrogens is 176 g/mol. The maximum Gasteiger partial charge on any atom is 0.202 e. The molecule has 2 fully saturated rings. The lowest BCUT2D eigenvalue weighted by Crippen LogP contribution is -2.37. The molecule has 1 aromatic heterocycles. The van der Waals surface area contributed by atoms with Crippen LogP contribution >= 0.6 is 0 Å². The Morgan fingerprint density at radius 3 is 2.21 bits per heavy atom. The number of nitrogens with two attached hydrogens (primary N) is 1. The molecule has 0 aromatic carbocycles. The lowest BCUT2D eigenvalue weighted by molar-refractivity contribution is 0.366. The van der Waals surface area contributed by atoms with E-state index in [0.717, 1.165) is 43.0 Å². The number of oxazole rings is 1. The van der Waals surface area contributed by atoms with Gasteiger partial charge in [0.05, 0.1) is 11.1 Å². The van der Waals surface area contributed by atoms with Crippen molar-refractivity contribution in [3.8, 4) is 0 Å². The Bertz CT molecular complexity index is 366. The second-order valence-electron chi connectivity index (χ2n) is 4.90. The molecule has 0 amide bonds. The molecule has 0 aliphatic heterocycles. The summed E-state index contributed by atoms with van der Waals surface area (Å²) in [6.07, 6.45) is 4.58. The SMILES string of the molecule is Cc1nc(C2(C3(N)CC3)CC2)oc1C. The average molecular weight is 192 g/mol. The topological polar surface area (TPSA) is 52.0 Å². The van der Waals surface area contributed by atoms with Crippen molar-refractivity contribution in [2.75, 3.05) is 0 Å². The van der Waals surface area contributed by atoms with Crippen molar-refractivity contribution in [3.05, 3.63) is 17.3 Å². The van der Waals surface area contributed by atoms with E-state index in [9.17, 15) is 0 Å². The number of hydrogen-bond donors (Lipinski definition) is 1. The quantitative estimate of drug-likeness (QED) is 0.777. The van der Waals surface area contributed by atoms with Gasteiger partial charge in [-0.25, -0.2) is 4.98 Å². The van der Waals surface area contributed by atoms with Gasteiger partial charge in [0.25, 0.3) is 0 Å². The van der Waals surface area contributed by atoms with Crippen LogP contribution in [0, 0.1) is 13.8 Å². The second kappa shape index (κ2) is 2.22. The Labute approximate surface area is 83.7 Å². The van der Waals surface area contributed by atoms with E-state index in [-0.39, 0.29) is 11.0 Å². The maximum absolute atomic E-state index is 6.28. The van der Waals surface area contributed by atoms with Gasteiger partial charge in [-0.1, -0.05) is 0 Å². The number of rotatable bonds is 2. The average Bonchev–Trinajstić information content (AvgIpc) is 2.99. The van der Waals surface area contributed by atoms with Gasteiger partial charge in [0.15, 0.2) is 0 Å². The van der Waals surface area contributed by atoms with Gasteiger partial charge < -0.3 is 10.2 Å². The molecule has 3 heteroatoms. The van der Waals surface area contributed by atoms with E-state index >= 15 is 0 Å². The zero-order valence-corrected chi connectivity index (χ0v) is 8.76. The van der Waals surface area contributed by atoms with Crippen molar-refractivity contribution in [1.82, 2.24) is 4.98 Å². The Hall–Kier alpha value is -0.830. The van der Waals surface area contributed by atoms with Crippen LogP contribution in [0.25, 0.3) is 0 Å². The summed E-state index contributed by atoms with van der Waals surface area (Å²) in [7, 11) is 0. The zero-order chi connectivity index (χ0) is 9.97. The summed E-state index contributed by atoms with van der Waals surface area (Å²) in [4.78, 5) is 4.50. The largest absolute Gasteiger partial charge is 0.445 e. The summed E-state index contributed by atoms with van der Waals surface area (Å²) in [5.41, 5.74) is 7.40. The monoisotopic (exact) mass is 192 g/mol. The van der Waals surface area contributed by atoms with Crippen molar-refractivity contribution in [1.29, 1.82) is 0 Å². The number of nitrogens with zero attached hydrogens (tertiary/aromatic N) is 1. The van der Waals surface area contributed by atoms with Gasteiger partial charge in [0.1, 0.15) is 5.76 Å². The molecule has 2 N–H and O–H groups in total. The molecule has 0 spiro atoms. The van der Waals surface area contributed by atoms with Crippen LogP contribution in [0.4, 0.5) is 0 Å². The first kappa shape index (κ1) is 8.48. The normalized spacial score (nSPS) is 26.2. The Kier molecular flexibility index (Phi) is 1.34. The van der Waals surface area contributed by atoms with Gasteiger partial charge >= 0.3 is 0 Å². The molecule has 0 bridgehead atoms. The fraction of sp³-hybridized carbons (Fsp3) is 0.727. The van der Waals surface area contributed by atoms with Crippen LogP contribution in [0.2, 0.25) is 0 Å². The van der Waals surface area contributed by atoms with Crippen LogP contribution in [-0.2, 0) is 5.41 Å². The van der Waals surface area contributed by atoms with E-state index in [1.165, 1.54) is 0 Å². The molecule has 0 radical (unpaired) electrons. The number of aromatic nitrogens is 1. The lowest BCUT2D eigenvalue weighted by Gasteiger charge is -2.18. The third-order valence-corrected chi connectivity index (χ3v) is 3.93. The predicted octanol–water partition coefficient (Wildman–Crippen LogP) is 1.81. The van der Waals surface area contributed by atoms with E-state index in [4.69, 9.17) is 10.2 Å². The minimum Gasteiger partial charge on any atom is -0.445 e. The van der Waals surface area contributed by atoms with E-state index in [1.54, 1.807) is 0 Å². The molecule has 0 unspecified atom stereocenters. The van der Waals surface area contributed by atoms with E-state index in [1.807, 2.05) is 13.8 Å². The minimum atomic E-state index is 0.0106. The number of hydrogen-bond acceptors (Lipinski definition) is 3. The highest BCUT2D eigenvalue weighted by atomic mass is 16.4. The van der Waals surface area contributed by atoms with Crippen molar-refractivity contribution in [2.45, 2.75) is 50.5 Å². The number of aryl methyl sites for hydroxylation is 2. The molecule has 2 saturated carbocycles. The molecule has 14 heavy (non-hydrogen) atoms. The van der Waals surface area contributed by atoms with Crippen LogP contribution < -0.4 is 5.73 Å². The molecular formula is C11H16N2O. The van der Waals surface area contributed by atoms with E-state index < -0.39 is 0 Å². The minimum absolute atomic E-state index is 0.0106. The third-order valence-electron chi connectivity index (χ3n) is 3.93. The summed E-state index contributed by atoms with van der Waals surface area (Å²) in [5, 5.41) is 0. The van der Waals surface area contributed by atoms with Crippen LogP contribution in [0.3, 0.4) is 0 Å². The lowest BCUT2D eigenvalue weighted by atomic mass is 9.94. The highest BCUT2D eigenvalue weighted by molar-refractivity contribution is 5.33. The van der Waals surface area contributed by atoms with Crippen LogP contribution in [0.1, 0.15) is 43.0 Å². The van der Waals surface area contributed by atoms with Crippen LogP contribution in [0.5, 0.6) is 0 Å². The highest BCUT2D eigenvalue weighted by Gasteiger charge is 2.67. The smallest absolute Gasteiger partial charge is 0.202 e. The molecule has 3 rings (SSSR count). The second-order valence-corrected chi connectivity index (χ2v) is 4.90. The molecule has 2 aliphatic carbocycles. The van der Waals surface area contributed by atoms with Crippen LogP contribution in [0.15, 0.2) is 4.42 Å². The van der Waals surface area contributed by atoms with Gasteiger partial charge in [-0.05, 0) is 39.5 Å². The van der Waals surface area contributed by atoms with Crippen molar-refractivity contribution >= 4 is 0 Å². The first-order chi connectivity index (χ1) is 6.57. The standard InChI is InChI=1S/C11H16N2O/c1-7-8(2)14-9(13-7)10(3-4-10)11(12)5-6-11/h3-6,12H2,1-2H3. The predicted molar refractivity (Wildman–Crippen MR) is 53.0 cm³/mol. The zero-order valence-electron chi connectivity index (χ0n) is 8.76. The summed E-state index contributed by atoms with van der Waals surface area (Å²) in [6, 6.07) is 0. The van der Waals surface area contributed by atoms with Crippen LogP contribution in [-0.4, -0.2) is 10.5 Å². The molecule has 3 nitrogen and oxygen atoms in total. The van der Waals surface area contributed by atoms with Gasteiger partial charge in [0, 0.05) is 5.54 Å². The Balaban J connectivity index is 2.02. The van der Waals surface area contributed by atoms with Crippen molar-refractivity contribution in [3.63, 3.8) is 0 Å². The first-order valence-electron chi connectivity index (χ1n) is 5.31. The van der Waals surface area contributed by atoms with Gasteiger partial charge in [-0.2, -0.15) is 0 Å². The molecule has 1 heterocycles. The van der Waals surface area contributed by atoms with Crippen molar-refractivity contribution < 1.29 is 4.42 Å². The third kappa shape index (κ3) is 0.883. The molecule has 76 valence electrons. The summed E-state index contributed by atoms with van der Waals surface area (Å²) >= 11 is 0. The van der Waals surface area contributed by atoms with Gasteiger partial charge in [0.2, 0.25) is 5.89 Å². The maximum atomic E-state index is 6.28. The van der Waals surface area contributed by atoms with E-state index in [0.29, 0.717) is 0 Å². The van der Waals surface area contributed by atoms with Gasteiger partial charge in [-0.3, -0.25) is 0 Å². The molecule has 2 aliphatic rings. The molecule has 0 atom stereocenters. The fourth-order valence-electron chi connectivity index (χ4n) is 2.34.